The minimum atomic E-state index is -0.179. The highest BCUT2D eigenvalue weighted by atomic mass is 16.3. The van der Waals surface area contributed by atoms with Gasteiger partial charge in [-0.25, -0.2) is 0 Å². The van der Waals surface area contributed by atoms with Crippen LogP contribution in [0.3, 0.4) is 0 Å². The van der Waals surface area contributed by atoms with E-state index in [-0.39, 0.29) is 18.1 Å². The summed E-state index contributed by atoms with van der Waals surface area (Å²) in [5.41, 5.74) is 1.81. The summed E-state index contributed by atoms with van der Waals surface area (Å²) < 4.78 is 0. The molecule has 1 saturated carbocycles. The van der Waals surface area contributed by atoms with Gasteiger partial charge in [0, 0.05) is 11.6 Å². The minimum Gasteiger partial charge on any atom is -0.393 e. The van der Waals surface area contributed by atoms with Crippen LogP contribution in [0.1, 0.15) is 41.6 Å². The smallest absolute Gasteiger partial charge is 0.251 e. The summed E-state index contributed by atoms with van der Waals surface area (Å²) in [5, 5.41) is 12.4. The molecule has 0 spiro atoms. The Morgan fingerprint density at radius 1 is 1.29 bits per heavy atom. The molecule has 1 fully saturated rings. The Kier molecular flexibility index (Phi) is 3.79. The van der Waals surface area contributed by atoms with Crippen molar-refractivity contribution in [1.82, 2.24) is 5.32 Å². The number of hydrogen-bond acceptors (Lipinski definition) is 2. The zero-order valence-corrected chi connectivity index (χ0v) is 10.1. The van der Waals surface area contributed by atoms with Crippen molar-refractivity contribution >= 4 is 5.91 Å². The fraction of sp³-hybridized carbons (Fsp3) is 0.500. The third-order valence-electron chi connectivity index (χ3n) is 3.31. The predicted molar refractivity (Wildman–Crippen MR) is 66.9 cm³/mol. The number of aliphatic hydroxyl groups excluding tert-OH is 1. The van der Waals surface area contributed by atoms with E-state index in [1.54, 1.807) is 0 Å². The second-order valence-electron chi connectivity index (χ2n) is 4.85. The van der Waals surface area contributed by atoms with Gasteiger partial charge in [0.2, 0.25) is 0 Å². The Labute approximate surface area is 102 Å². The molecule has 0 radical (unpaired) electrons. The maximum absolute atomic E-state index is 12.0. The van der Waals surface area contributed by atoms with Crippen LogP contribution in [0.4, 0.5) is 0 Å². The molecule has 92 valence electrons. The Hall–Kier alpha value is -1.35. The molecule has 2 rings (SSSR count). The lowest BCUT2D eigenvalue weighted by molar-refractivity contribution is 0.0867. The quantitative estimate of drug-likeness (QED) is 0.821. The van der Waals surface area contributed by atoms with Crippen LogP contribution in [0.25, 0.3) is 0 Å². The number of aryl methyl sites for hydroxylation is 1. The number of nitrogens with one attached hydrogen (secondary N) is 1. The van der Waals surface area contributed by atoms with Crippen LogP contribution in [0, 0.1) is 6.92 Å². The second kappa shape index (κ2) is 5.32. The Bertz CT molecular complexity index is 395. The average molecular weight is 233 g/mol. The van der Waals surface area contributed by atoms with E-state index < -0.39 is 0 Å². The third kappa shape index (κ3) is 3.30. The molecule has 0 bridgehead atoms. The Morgan fingerprint density at radius 2 is 2.00 bits per heavy atom. The minimum absolute atomic E-state index is 0.00455. The number of aliphatic hydroxyl groups is 1. The number of rotatable bonds is 2. The van der Waals surface area contributed by atoms with Crippen molar-refractivity contribution in [3.63, 3.8) is 0 Å². The van der Waals surface area contributed by atoms with E-state index >= 15 is 0 Å². The van der Waals surface area contributed by atoms with Crippen LogP contribution in [0.15, 0.2) is 24.3 Å². The molecule has 1 aliphatic rings. The number of hydrogen-bond donors (Lipinski definition) is 2. The van der Waals surface area contributed by atoms with Gasteiger partial charge in [0.05, 0.1) is 6.10 Å². The number of amides is 1. The molecule has 0 unspecified atom stereocenters. The molecule has 1 aliphatic carbocycles. The van der Waals surface area contributed by atoms with Crippen molar-refractivity contribution in [3.8, 4) is 0 Å². The van der Waals surface area contributed by atoms with E-state index in [1.807, 2.05) is 31.2 Å². The molecule has 1 aromatic carbocycles. The van der Waals surface area contributed by atoms with Gasteiger partial charge in [-0.2, -0.15) is 0 Å². The highest BCUT2D eigenvalue weighted by Gasteiger charge is 2.21. The third-order valence-corrected chi connectivity index (χ3v) is 3.31. The van der Waals surface area contributed by atoms with E-state index in [2.05, 4.69) is 5.32 Å². The summed E-state index contributed by atoms with van der Waals surface area (Å²) >= 11 is 0. The standard InChI is InChI=1S/C14H19NO2/c1-10-3-2-4-11(9-10)14(17)15-12-5-7-13(16)8-6-12/h2-4,9,12-13,16H,5-8H2,1H3,(H,15,17)/t12-,13-. The lowest BCUT2D eigenvalue weighted by Crippen LogP contribution is -2.38. The van der Waals surface area contributed by atoms with Crippen LogP contribution >= 0.6 is 0 Å². The van der Waals surface area contributed by atoms with E-state index in [9.17, 15) is 9.90 Å². The normalized spacial score (nSPS) is 24.4. The fourth-order valence-electron chi connectivity index (χ4n) is 2.28. The van der Waals surface area contributed by atoms with Crippen LogP contribution in [0.2, 0.25) is 0 Å². The summed E-state index contributed by atoms with van der Waals surface area (Å²) in [5.74, 6) is -0.00455. The van der Waals surface area contributed by atoms with Crippen molar-refractivity contribution in [2.45, 2.75) is 44.8 Å². The summed E-state index contributed by atoms with van der Waals surface area (Å²) in [6.45, 7) is 1.98. The van der Waals surface area contributed by atoms with Crippen molar-refractivity contribution in [2.24, 2.45) is 0 Å². The number of carbonyl (C=O) groups excluding carboxylic acids is 1. The zero-order valence-electron chi connectivity index (χ0n) is 10.1. The SMILES string of the molecule is Cc1cccc(C(=O)N[C@H]2CC[C@H](O)CC2)c1. The topological polar surface area (TPSA) is 49.3 Å². The van der Waals surface area contributed by atoms with Gasteiger partial charge in [-0.3, -0.25) is 4.79 Å². The van der Waals surface area contributed by atoms with E-state index in [1.165, 1.54) is 0 Å². The van der Waals surface area contributed by atoms with E-state index in [0.717, 1.165) is 36.8 Å². The Morgan fingerprint density at radius 3 is 2.65 bits per heavy atom. The zero-order chi connectivity index (χ0) is 12.3. The fourth-order valence-corrected chi connectivity index (χ4v) is 2.28. The molecule has 0 saturated heterocycles. The summed E-state index contributed by atoms with van der Waals surface area (Å²) in [6.07, 6.45) is 3.15. The molecule has 0 aromatic heterocycles. The summed E-state index contributed by atoms with van der Waals surface area (Å²) in [7, 11) is 0. The lowest BCUT2D eigenvalue weighted by Gasteiger charge is -2.26. The molecular formula is C14H19NO2. The molecule has 0 heterocycles. The van der Waals surface area contributed by atoms with Gasteiger partial charge in [0.15, 0.2) is 0 Å². The molecule has 1 amide bonds. The van der Waals surface area contributed by atoms with E-state index in [0.29, 0.717) is 0 Å². The van der Waals surface area contributed by atoms with Crippen LogP contribution < -0.4 is 5.32 Å². The first kappa shape index (κ1) is 12.1. The lowest BCUT2D eigenvalue weighted by atomic mass is 9.93. The molecule has 0 aliphatic heterocycles. The summed E-state index contributed by atoms with van der Waals surface area (Å²) in [6, 6.07) is 7.82. The first-order chi connectivity index (χ1) is 8.15. The van der Waals surface area contributed by atoms with Crippen molar-refractivity contribution in [1.29, 1.82) is 0 Å². The van der Waals surface area contributed by atoms with Gasteiger partial charge < -0.3 is 10.4 Å². The van der Waals surface area contributed by atoms with Crippen molar-refractivity contribution in [3.05, 3.63) is 35.4 Å². The Balaban J connectivity index is 1.93. The van der Waals surface area contributed by atoms with Crippen LogP contribution in [-0.4, -0.2) is 23.2 Å². The van der Waals surface area contributed by atoms with Gasteiger partial charge in [-0.05, 0) is 44.7 Å². The summed E-state index contributed by atoms with van der Waals surface area (Å²) in [4.78, 5) is 12.0. The predicted octanol–water partition coefficient (Wildman–Crippen LogP) is 2.03. The molecule has 0 atom stereocenters. The van der Waals surface area contributed by atoms with Gasteiger partial charge >= 0.3 is 0 Å². The second-order valence-corrected chi connectivity index (χ2v) is 4.85. The van der Waals surface area contributed by atoms with Gasteiger partial charge in [0.1, 0.15) is 0 Å². The maximum Gasteiger partial charge on any atom is 0.251 e. The highest BCUT2D eigenvalue weighted by molar-refractivity contribution is 5.94. The maximum atomic E-state index is 12.0. The highest BCUT2D eigenvalue weighted by Crippen LogP contribution is 2.18. The van der Waals surface area contributed by atoms with Crippen molar-refractivity contribution < 1.29 is 9.90 Å². The molecule has 3 heteroatoms. The monoisotopic (exact) mass is 233 g/mol. The number of carbonyl (C=O) groups is 1. The van der Waals surface area contributed by atoms with Crippen molar-refractivity contribution in [2.75, 3.05) is 0 Å². The first-order valence-electron chi connectivity index (χ1n) is 6.21. The van der Waals surface area contributed by atoms with Gasteiger partial charge in [0.25, 0.3) is 5.91 Å². The molecule has 3 nitrogen and oxygen atoms in total. The first-order valence-corrected chi connectivity index (χ1v) is 6.21. The molecule has 17 heavy (non-hydrogen) atoms. The largest absolute Gasteiger partial charge is 0.393 e. The molecular weight excluding hydrogens is 214 g/mol. The van der Waals surface area contributed by atoms with Gasteiger partial charge in [-0.1, -0.05) is 17.7 Å². The van der Waals surface area contributed by atoms with Crippen LogP contribution in [-0.2, 0) is 0 Å². The number of benzene rings is 1. The van der Waals surface area contributed by atoms with Crippen LogP contribution in [0.5, 0.6) is 0 Å². The molecule has 2 N–H and O–H groups in total. The molecule has 1 aromatic rings. The van der Waals surface area contributed by atoms with Gasteiger partial charge in [-0.15, -0.1) is 0 Å². The van der Waals surface area contributed by atoms with E-state index in [4.69, 9.17) is 0 Å². The average Bonchev–Trinajstić information content (AvgIpc) is 2.32.